The molecule has 0 atom stereocenters. The Bertz CT molecular complexity index is 815. The third kappa shape index (κ3) is 4.05. The molecule has 0 aliphatic carbocycles. The number of pyridine rings is 1. The average molecular weight is 352 g/mol. The maximum atomic E-state index is 12.7. The second-order valence-corrected chi connectivity index (χ2v) is 6.08. The zero-order valence-electron chi connectivity index (χ0n) is 14.5. The summed E-state index contributed by atoms with van der Waals surface area (Å²) in [6.45, 7) is 3.34. The van der Waals surface area contributed by atoms with E-state index in [-0.39, 0.29) is 17.7 Å². The number of nitrogens with one attached hydrogen (secondary N) is 1. The molecule has 134 valence electrons. The van der Waals surface area contributed by atoms with Gasteiger partial charge < -0.3 is 15.1 Å². The largest absolute Gasteiger partial charge is 0.335 e. The predicted octanol–water partition coefficient (Wildman–Crippen LogP) is 1.64. The van der Waals surface area contributed by atoms with Crippen molar-refractivity contribution in [1.29, 1.82) is 0 Å². The lowest BCUT2D eigenvalue weighted by molar-refractivity contribution is -0.114. The van der Waals surface area contributed by atoms with E-state index < -0.39 is 0 Å². The van der Waals surface area contributed by atoms with Crippen molar-refractivity contribution in [3.63, 3.8) is 0 Å². The Balaban J connectivity index is 1.62. The smallest absolute Gasteiger partial charge is 0.254 e. The van der Waals surface area contributed by atoms with Crippen LogP contribution in [-0.4, -0.2) is 58.7 Å². The Kier molecular flexibility index (Phi) is 5.26. The number of rotatable bonds is 3. The van der Waals surface area contributed by atoms with E-state index in [4.69, 9.17) is 0 Å². The van der Waals surface area contributed by atoms with Crippen LogP contribution in [0.25, 0.3) is 0 Å². The van der Waals surface area contributed by atoms with Crippen LogP contribution in [0.2, 0.25) is 0 Å². The quantitative estimate of drug-likeness (QED) is 0.910. The third-order valence-electron chi connectivity index (χ3n) is 4.21. The number of carbonyl (C=O) groups is 3. The molecule has 1 aliphatic heterocycles. The number of carbonyl (C=O) groups excluding carboxylic acids is 3. The monoisotopic (exact) mass is 352 g/mol. The third-order valence-corrected chi connectivity index (χ3v) is 4.21. The molecule has 1 saturated heterocycles. The Morgan fingerprint density at radius 1 is 0.885 bits per heavy atom. The van der Waals surface area contributed by atoms with Crippen molar-refractivity contribution in [3.05, 3.63) is 59.9 Å². The van der Waals surface area contributed by atoms with Crippen LogP contribution in [0.1, 0.15) is 27.6 Å². The van der Waals surface area contributed by atoms with Crippen LogP contribution in [0.3, 0.4) is 0 Å². The van der Waals surface area contributed by atoms with Crippen molar-refractivity contribution in [3.8, 4) is 0 Å². The van der Waals surface area contributed by atoms with Crippen molar-refractivity contribution in [2.24, 2.45) is 0 Å². The molecule has 7 nitrogen and oxygen atoms in total. The summed E-state index contributed by atoms with van der Waals surface area (Å²) in [5.74, 6) is -0.335. The summed E-state index contributed by atoms with van der Waals surface area (Å²) in [4.78, 5) is 43.7. The Hall–Kier alpha value is -3.22. The number of nitrogens with zero attached hydrogens (tertiary/aromatic N) is 3. The van der Waals surface area contributed by atoms with Gasteiger partial charge in [-0.05, 0) is 30.3 Å². The fourth-order valence-corrected chi connectivity index (χ4v) is 2.91. The zero-order chi connectivity index (χ0) is 18.5. The lowest BCUT2D eigenvalue weighted by Crippen LogP contribution is -2.50. The molecule has 2 heterocycles. The maximum Gasteiger partial charge on any atom is 0.254 e. The lowest BCUT2D eigenvalue weighted by atomic mass is 10.1. The van der Waals surface area contributed by atoms with E-state index in [0.29, 0.717) is 43.0 Å². The van der Waals surface area contributed by atoms with E-state index in [1.807, 2.05) is 0 Å². The highest BCUT2D eigenvalue weighted by Gasteiger charge is 2.25. The highest BCUT2D eigenvalue weighted by Crippen LogP contribution is 2.15. The van der Waals surface area contributed by atoms with Gasteiger partial charge in [-0.15, -0.1) is 0 Å². The highest BCUT2D eigenvalue weighted by atomic mass is 16.2. The Labute approximate surface area is 151 Å². The lowest BCUT2D eigenvalue weighted by Gasteiger charge is -2.35. The minimum Gasteiger partial charge on any atom is -0.335 e. The summed E-state index contributed by atoms with van der Waals surface area (Å²) >= 11 is 0. The second kappa shape index (κ2) is 7.77. The summed E-state index contributed by atoms with van der Waals surface area (Å²) in [7, 11) is 0. The molecule has 1 fully saturated rings. The summed E-state index contributed by atoms with van der Waals surface area (Å²) in [6.07, 6.45) is 3.18. The van der Waals surface area contributed by atoms with Crippen LogP contribution in [0.4, 0.5) is 5.69 Å². The van der Waals surface area contributed by atoms with Gasteiger partial charge in [-0.1, -0.05) is 6.07 Å². The van der Waals surface area contributed by atoms with Crippen LogP contribution in [0, 0.1) is 0 Å². The van der Waals surface area contributed by atoms with Gasteiger partial charge in [-0.2, -0.15) is 0 Å². The predicted molar refractivity (Wildman–Crippen MR) is 96.8 cm³/mol. The van der Waals surface area contributed by atoms with E-state index in [1.165, 1.54) is 6.92 Å². The van der Waals surface area contributed by atoms with Crippen LogP contribution in [0.5, 0.6) is 0 Å². The van der Waals surface area contributed by atoms with Gasteiger partial charge in [-0.3, -0.25) is 19.4 Å². The fraction of sp³-hybridized carbons (Fsp3) is 0.263. The van der Waals surface area contributed by atoms with Crippen LogP contribution < -0.4 is 5.32 Å². The van der Waals surface area contributed by atoms with E-state index in [0.717, 1.165) is 0 Å². The van der Waals surface area contributed by atoms with E-state index in [1.54, 1.807) is 58.6 Å². The molecular formula is C19H20N4O3. The first-order valence-corrected chi connectivity index (χ1v) is 8.41. The minimum absolute atomic E-state index is 0.0489. The molecule has 3 amide bonds. The molecule has 1 aromatic heterocycles. The number of hydrogen-bond acceptors (Lipinski definition) is 4. The van der Waals surface area contributed by atoms with Crippen molar-refractivity contribution in [2.45, 2.75) is 6.92 Å². The second-order valence-electron chi connectivity index (χ2n) is 6.08. The molecule has 0 saturated carbocycles. The SMILES string of the molecule is CC(=O)Nc1cccc(C(=O)N2CCN(C(=O)c3ccncc3)CC2)c1. The maximum absolute atomic E-state index is 12.7. The number of benzene rings is 1. The molecule has 7 heteroatoms. The number of anilines is 1. The molecule has 3 rings (SSSR count). The number of piperazine rings is 1. The zero-order valence-corrected chi connectivity index (χ0v) is 14.5. The van der Waals surface area contributed by atoms with Crippen LogP contribution >= 0.6 is 0 Å². The first kappa shape index (κ1) is 17.6. The topological polar surface area (TPSA) is 82.6 Å². The number of aromatic nitrogens is 1. The molecular weight excluding hydrogens is 332 g/mol. The molecule has 0 spiro atoms. The molecule has 0 radical (unpaired) electrons. The molecule has 1 N–H and O–H groups in total. The van der Waals surface area contributed by atoms with Gasteiger partial charge in [0.2, 0.25) is 5.91 Å². The van der Waals surface area contributed by atoms with Gasteiger partial charge in [0.1, 0.15) is 0 Å². The number of amides is 3. The van der Waals surface area contributed by atoms with Crippen molar-refractivity contribution in [1.82, 2.24) is 14.8 Å². The molecule has 26 heavy (non-hydrogen) atoms. The Morgan fingerprint density at radius 2 is 1.46 bits per heavy atom. The summed E-state index contributed by atoms with van der Waals surface area (Å²) in [5, 5.41) is 2.68. The fourth-order valence-electron chi connectivity index (χ4n) is 2.91. The molecule has 0 bridgehead atoms. The summed E-state index contributed by atoms with van der Waals surface area (Å²) in [6, 6.07) is 10.2. The van der Waals surface area contributed by atoms with Gasteiger partial charge in [0.05, 0.1) is 0 Å². The van der Waals surface area contributed by atoms with Crippen LogP contribution in [0.15, 0.2) is 48.8 Å². The first-order chi connectivity index (χ1) is 12.5. The van der Waals surface area contributed by atoms with Crippen molar-refractivity contribution < 1.29 is 14.4 Å². The summed E-state index contributed by atoms with van der Waals surface area (Å²) < 4.78 is 0. The molecule has 0 unspecified atom stereocenters. The Morgan fingerprint density at radius 3 is 2.04 bits per heavy atom. The normalized spacial score (nSPS) is 14.0. The highest BCUT2D eigenvalue weighted by molar-refractivity contribution is 5.97. The van der Waals surface area contributed by atoms with E-state index >= 15 is 0 Å². The molecule has 1 aromatic carbocycles. The van der Waals surface area contributed by atoms with Gasteiger partial charge in [0, 0.05) is 62.3 Å². The molecule has 2 aromatic rings. The van der Waals surface area contributed by atoms with E-state index in [9.17, 15) is 14.4 Å². The van der Waals surface area contributed by atoms with Crippen LogP contribution in [-0.2, 0) is 4.79 Å². The average Bonchev–Trinajstić information content (AvgIpc) is 2.67. The van der Waals surface area contributed by atoms with Gasteiger partial charge in [0.25, 0.3) is 11.8 Å². The molecule has 1 aliphatic rings. The first-order valence-electron chi connectivity index (χ1n) is 8.41. The van der Waals surface area contributed by atoms with Crippen molar-refractivity contribution in [2.75, 3.05) is 31.5 Å². The standard InChI is InChI=1S/C19H20N4O3/c1-14(24)21-17-4-2-3-16(13-17)19(26)23-11-9-22(10-12-23)18(25)15-5-7-20-8-6-15/h2-8,13H,9-12H2,1H3,(H,21,24). The minimum atomic E-state index is -0.183. The van der Waals surface area contributed by atoms with Crippen molar-refractivity contribution >= 4 is 23.4 Å². The van der Waals surface area contributed by atoms with Gasteiger partial charge >= 0.3 is 0 Å². The number of hydrogen-bond donors (Lipinski definition) is 1. The summed E-state index contributed by atoms with van der Waals surface area (Å²) in [5.41, 5.74) is 1.71. The van der Waals surface area contributed by atoms with Gasteiger partial charge in [-0.25, -0.2) is 0 Å². The van der Waals surface area contributed by atoms with E-state index in [2.05, 4.69) is 10.3 Å². The van der Waals surface area contributed by atoms with Gasteiger partial charge in [0.15, 0.2) is 0 Å².